The number of halogens is 2. The number of ether oxygens (including phenoxy) is 1. The highest BCUT2D eigenvalue weighted by atomic mass is 127. The first-order valence-electron chi connectivity index (χ1n) is 11.3. The second-order valence-corrected chi connectivity index (χ2v) is 8.87. The van der Waals surface area contributed by atoms with Crippen LogP contribution >= 0.6 is 24.0 Å². The van der Waals surface area contributed by atoms with Gasteiger partial charge in [0, 0.05) is 38.6 Å². The fourth-order valence-corrected chi connectivity index (χ4v) is 3.56. The molecule has 2 aromatic rings. The van der Waals surface area contributed by atoms with Crippen molar-refractivity contribution in [2.75, 3.05) is 45.9 Å². The van der Waals surface area contributed by atoms with Crippen LogP contribution in [0.1, 0.15) is 37.5 Å². The summed E-state index contributed by atoms with van der Waals surface area (Å²) in [6, 6.07) is 6.77. The van der Waals surface area contributed by atoms with Crippen molar-refractivity contribution in [3.05, 3.63) is 47.3 Å². The Bertz CT molecular complexity index is 897. The summed E-state index contributed by atoms with van der Waals surface area (Å²) in [4.78, 5) is 7.15. The van der Waals surface area contributed by atoms with Crippen molar-refractivity contribution in [3.63, 3.8) is 0 Å². The first-order chi connectivity index (χ1) is 15.3. The lowest BCUT2D eigenvalue weighted by molar-refractivity contribution is 0.0376. The number of nitrogens with one attached hydrogen (secondary N) is 2. The molecule has 8 nitrogen and oxygen atoms in total. The molecule has 1 fully saturated rings. The number of aryl methyl sites for hydroxylation is 1. The summed E-state index contributed by atoms with van der Waals surface area (Å²) in [7, 11) is 1.94. The van der Waals surface area contributed by atoms with Gasteiger partial charge in [-0.15, -0.1) is 34.2 Å². The number of hydrogen-bond donors (Lipinski definition) is 2. The normalized spacial score (nSPS) is 15.2. The van der Waals surface area contributed by atoms with Gasteiger partial charge in [0.2, 0.25) is 0 Å². The Morgan fingerprint density at radius 1 is 1.21 bits per heavy atom. The molecule has 10 heteroatoms. The average molecular weight is 573 g/mol. The van der Waals surface area contributed by atoms with Gasteiger partial charge in [-0.25, -0.2) is 9.38 Å². The minimum absolute atomic E-state index is 0. The Labute approximate surface area is 213 Å². The molecule has 0 spiro atoms. The number of aromatic nitrogens is 3. The van der Waals surface area contributed by atoms with Gasteiger partial charge in [0.15, 0.2) is 11.8 Å². The van der Waals surface area contributed by atoms with E-state index in [0.717, 1.165) is 69.0 Å². The molecule has 1 aromatic carbocycles. The van der Waals surface area contributed by atoms with Crippen LogP contribution in [0, 0.1) is 12.7 Å². The lowest BCUT2D eigenvalue weighted by Gasteiger charge is -2.28. The van der Waals surface area contributed by atoms with E-state index < -0.39 is 0 Å². The molecule has 2 N–H and O–H groups in total. The van der Waals surface area contributed by atoms with Crippen molar-refractivity contribution in [3.8, 4) is 0 Å². The number of aliphatic imine (C=N–C) groups is 1. The minimum atomic E-state index is -0.264. The Hall–Kier alpha value is -1.79. The second-order valence-electron chi connectivity index (χ2n) is 8.87. The van der Waals surface area contributed by atoms with Crippen molar-refractivity contribution in [1.29, 1.82) is 0 Å². The van der Waals surface area contributed by atoms with Crippen LogP contribution in [0.4, 0.5) is 4.39 Å². The lowest BCUT2D eigenvalue weighted by Crippen LogP contribution is -2.44. The van der Waals surface area contributed by atoms with Crippen LogP contribution in [-0.2, 0) is 23.7 Å². The Kier molecular flexibility index (Phi) is 11.0. The first-order valence-corrected chi connectivity index (χ1v) is 11.3. The summed E-state index contributed by atoms with van der Waals surface area (Å²) >= 11 is 0. The molecular formula is C23H37FIN7O. The van der Waals surface area contributed by atoms with Gasteiger partial charge in [-0.1, -0.05) is 26.0 Å². The van der Waals surface area contributed by atoms with Gasteiger partial charge in [-0.05, 0) is 37.6 Å². The Morgan fingerprint density at radius 2 is 1.97 bits per heavy atom. The van der Waals surface area contributed by atoms with Gasteiger partial charge in [-0.2, -0.15) is 0 Å². The first kappa shape index (κ1) is 27.5. The van der Waals surface area contributed by atoms with Crippen LogP contribution in [-0.4, -0.2) is 71.6 Å². The zero-order valence-corrected chi connectivity index (χ0v) is 22.4. The van der Waals surface area contributed by atoms with Gasteiger partial charge in [-0.3, -0.25) is 4.90 Å². The van der Waals surface area contributed by atoms with Crippen LogP contribution in [0.25, 0.3) is 0 Å². The molecule has 1 aliphatic heterocycles. The van der Waals surface area contributed by atoms with Gasteiger partial charge in [0.05, 0.1) is 13.2 Å². The van der Waals surface area contributed by atoms with E-state index in [4.69, 9.17) is 9.73 Å². The fourth-order valence-electron chi connectivity index (χ4n) is 3.56. The fraction of sp³-hybridized carbons (Fsp3) is 0.609. The number of morpholine rings is 1. The maximum Gasteiger partial charge on any atom is 0.191 e. The Morgan fingerprint density at radius 3 is 2.64 bits per heavy atom. The third kappa shape index (κ3) is 8.49. The van der Waals surface area contributed by atoms with Gasteiger partial charge >= 0.3 is 0 Å². The molecule has 0 radical (unpaired) electrons. The van der Waals surface area contributed by atoms with Crippen molar-refractivity contribution >= 4 is 29.9 Å². The summed E-state index contributed by atoms with van der Waals surface area (Å²) in [6.45, 7) is 12.6. The molecule has 0 aliphatic carbocycles. The molecule has 0 atom stereocenters. The van der Waals surface area contributed by atoms with Crippen LogP contribution in [0.2, 0.25) is 0 Å². The maximum atomic E-state index is 13.7. The smallest absolute Gasteiger partial charge is 0.191 e. The summed E-state index contributed by atoms with van der Waals surface area (Å²) < 4.78 is 21.1. The van der Waals surface area contributed by atoms with E-state index in [1.807, 2.05) is 24.6 Å². The molecule has 1 aromatic heterocycles. The molecule has 2 heterocycles. The third-order valence-electron chi connectivity index (χ3n) is 5.91. The quantitative estimate of drug-likeness (QED) is 0.208. The lowest BCUT2D eigenvalue weighted by atomic mass is 9.84. The Balaban J connectivity index is 0.00000385. The second kappa shape index (κ2) is 13.2. The highest BCUT2D eigenvalue weighted by molar-refractivity contribution is 14.0. The van der Waals surface area contributed by atoms with E-state index in [2.05, 4.69) is 39.6 Å². The van der Waals surface area contributed by atoms with Crippen molar-refractivity contribution in [2.24, 2.45) is 12.0 Å². The zero-order valence-electron chi connectivity index (χ0n) is 20.1. The van der Waals surface area contributed by atoms with Crippen molar-refractivity contribution in [1.82, 2.24) is 30.3 Å². The topological polar surface area (TPSA) is 79.6 Å². The highest BCUT2D eigenvalue weighted by Crippen LogP contribution is 2.22. The standard InChI is InChI=1S/C23H36FN7O.HI/c1-18-28-29-21(30(18)4)16-26-22(25-9-6-10-31-11-13-32-14-12-31)27-17-23(2,3)19-7-5-8-20(24)15-19;/h5,7-8,15H,6,9-14,16-17H2,1-4H3,(H2,25,26,27);1H. The monoisotopic (exact) mass is 573 g/mol. The third-order valence-corrected chi connectivity index (χ3v) is 5.91. The summed E-state index contributed by atoms with van der Waals surface area (Å²) in [5, 5.41) is 15.2. The molecular weight excluding hydrogens is 536 g/mol. The molecule has 0 bridgehead atoms. The molecule has 33 heavy (non-hydrogen) atoms. The van der Waals surface area contributed by atoms with Gasteiger partial charge < -0.3 is 19.9 Å². The van der Waals surface area contributed by atoms with Crippen molar-refractivity contribution in [2.45, 2.75) is 39.2 Å². The predicted octanol–water partition coefficient (Wildman–Crippen LogP) is 2.62. The summed E-state index contributed by atoms with van der Waals surface area (Å²) in [6.07, 6.45) is 1.01. The van der Waals surface area contributed by atoms with Crippen LogP contribution < -0.4 is 10.6 Å². The molecule has 3 rings (SSSR count). The highest BCUT2D eigenvalue weighted by Gasteiger charge is 2.21. The molecule has 0 saturated carbocycles. The molecule has 0 amide bonds. The van der Waals surface area contributed by atoms with E-state index in [9.17, 15) is 4.39 Å². The number of rotatable bonds is 9. The van der Waals surface area contributed by atoms with E-state index >= 15 is 0 Å². The molecule has 1 saturated heterocycles. The van der Waals surface area contributed by atoms with Crippen LogP contribution in [0.5, 0.6) is 0 Å². The molecule has 0 unspecified atom stereocenters. The zero-order chi connectivity index (χ0) is 23.0. The van der Waals surface area contributed by atoms with Gasteiger partial charge in [0.25, 0.3) is 0 Å². The minimum Gasteiger partial charge on any atom is -0.379 e. The SMILES string of the molecule is Cc1nnc(CN=C(NCCCN2CCOCC2)NCC(C)(C)c2cccc(F)c2)n1C.I. The van der Waals surface area contributed by atoms with Crippen LogP contribution in [0.3, 0.4) is 0 Å². The number of benzene rings is 1. The van der Waals surface area contributed by atoms with E-state index in [1.165, 1.54) is 6.07 Å². The average Bonchev–Trinajstić information content (AvgIpc) is 3.11. The van der Waals surface area contributed by atoms with E-state index in [1.54, 1.807) is 12.1 Å². The maximum absolute atomic E-state index is 13.7. The summed E-state index contributed by atoms with van der Waals surface area (Å²) in [5.41, 5.74) is 0.681. The number of hydrogen-bond acceptors (Lipinski definition) is 5. The van der Waals surface area contributed by atoms with Crippen LogP contribution in [0.15, 0.2) is 29.3 Å². The number of nitrogens with zero attached hydrogens (tertiary/aromatic N) is 5. The number of guanidine groups is 1. The van der Waals surface area contributed by atoms with E-state index in [-0.39, 0.29) is 35.2 Å². The predicted molar refractivity (Wildman–Crippen MR) is 140 cm³/mol. The summed E-state index contributed by atoms with van der Waals surface area (Å²) in [5.74, 6) is 2.16. The molecule has 184 valence electrons. The van der Waals surface area contributed by atoms with Gasteiger partial charge in [0.1, 0.15) is 18.2 Å². The largest absolute Gasteiger partial charge is 0.379 e. The molecule has 1 aliphatic rings. The van der Waals surface area contributed by atoms with Crippen molar-refractivity contribution < 1.29 is 9.13 Å². The van der Waals surface area contributed by atoms with E-state index in [0.29, 0.717) is 13.1 Å².